The molecule has 0 aromatic carbocycles. The van der Waals surface area contributed by atoms with Crippen LogP contribution in [0.15, 0.2) is 10.6 Å². The minimum absolute atomic E-state index is 0.466. The summed E-state index contributed by atoms with van der Waals surface area (Å²) >= 11 is 1.51. The number of ether oxygens (including phenoxy) is 2. The number of aromatic nitrogens is 2. The Morgan fingerprint density at radius 3 is 2.89 bits per heavy atom. The lowest BCUT2D eigenvalue weighted by molar-refractivity contribution is 0.0714. The first kappa shape index (κ1) is 14.0. The normalized spacial score (nSPS) is 11.1. The number of thiophene rings is 1. The van der Waals surface area contributed by atoms with Gasteiger partial charge in [-0.15, -0.1) is 11.3 Å². The number of nitrogens with two attached hydrogens (primary N) is 1. The fourth-order valence-corrected chi connectivity index (χ4v) is 2.35. The second-order valence-corrected chi connectivity index (χ2v) is 5.29. The van der Waals surface area contributed by atoms with E-state index in [2.05, 4.69) is 10.1 Å². The van der Waals surface area contributed by atoms with Crippen LogP contribution in [0.3, 0.4) is 0 Å². The van der Waals surface area contributed by atoms with Gasteiger partial charge in [-0.2, -0.15) is 4.98 Å². The van der Waals surface area contributed by atoms with E-state index in [1.165, 1.54) is 11.3 Å². The molecule has 0 bridgehead atoms. The fraction of sp³-hybridized carbons (Fsp3) is 0.500. The van der Waals surface area contributed by atoms with E-state index in [0.717, 1.165) is 10.4 Å². The van der Waals surface area contributed by atoms with Crippen molar-refractivity contribution < 1.29 is 14.0 Å². The highest BCUT2D eigenvalue weighted by atomic mass is 32.1. The van der Waals surface area contributed by atoms with Crippen molar-refractivity contribution in [1.29, 1.82) is 0 Å². The summed E-state index contributed by atoms with van der Waals surface area (Å²) in [5.41, 5.74) is 6.70. The topological polar surface area (TPSA) is 83.4 Å². The van der Waals surface area contributed by atoms with E-state index >= 15 is 0 Å². The number of anilines is 1. The number of methoxy groups -OCH3 is 1. The van der Waals surface area contributed by atoms with Crippen molar-refractivity contribution in [2.45, 2.75) is 13.3 Å². The quantitative estimate of drug-likeness (QED) is 0.781. The van der Waals surface area contributed by atoms with Gasteiger partial charge in [0.05, 0.1) is 30.4 Å². The summed E-state index contributed by atoms with van der Waals surface area (Å²) < 4.78 is 15.4. The van der Waals surface area contributed by atoms with Crippen LogP contribution in [0.25, 0.3) is 11.5 Å². The molecule has 0 fully saturated rings. The molecule has 0 amide bonds. The Bertz CT molecular complexity index is 524. The van der Waals surface area contributed by atoms with E-state index in [-0.39, 0.29) is 0 Å². The fourth-order valence-electron chi connectivity index (χ4n) is 1.57. The summed E-state index contributed by atoms with van der Waals surface area (Å²) in [5, 5.41) is 4.61. The maximum atomic E-state index is 5.89. The van der Waals surface area contributed by atoms with Gasteiger partial charge in [-0.25, -0.2) is 0 Å². The molecular formula is C12H17N3O3S. The van der Waals surface area contributed by atoms with E-state index in [1.54, 1.807) is 7.11 Å². The van der Waals surface area contributed by atoms with Crippen molar-refractivity contribution in [1.82, 2.24) is 10.1 Å². The van der Waals surface area contributed by atoms with Gasteiger partial charge >= 0.3 is 0 Å². The van der Waals surface area contributed by atoms with Crippen LogP contribution in [-0.2, 0) is 15.9 Å². The maximum Gasteiger partial charge on any atom is 0.260 e. The van der Waals surface area contributed by atoms with Crippen LogP contribution in [0.4, 0.5) is 5.00 Å². The molecule has 0 saturated heterocycles. The third-order valence-corrected chi connectivity index (χ3v) is 3.36. The van der Waals surface area contributed by atoms with Gasteiger partial charge in [-0.3, -0.25) is 0 Å². The summed E-state index contributed by atoms with van der Waals surface area (Å²) in [4.78, 5) is 5.43. The van der Waals surface area contributed by atoms with E-state index in [0.29, 0.717) is 43.0 Å². The summed E-state index contributed by atoms with van der Waals surface area (Å²) in [6, 6.07) is 1.95. The Morgan fingerprint density at radius 1 is 1.37 bits per heavy atom. The van der Waals surface area contributed by atoms with Crippen LogP contribution < -0.4 is 5.73 Å². The lowest BCUT2D eigenvalue weighted by Gasteiger charge is -1.99. The van der Waals surface area contributed by atoms with Crippen molar-refractivity contribution in [3.8, 4) is 11.5 Å². The maximum absolute atomic E-state index is 5.89. The van der Waals surface area contributed by atoms with Crippen LogP contribution in [0.5, 0.6) is 0 Å². The van der Waals surface area contributed by atoms with E-state index in [4.69, 9.17) is 19.7 Å². The number of aryl methyl sites for hydroxylation is 1. The molecule has 0 aliphatic carbocycles. The summed E-state index contributed by atoms with van der Waals surface area (Å²) in [7, 11) is 1.64. The summed E-state index contributed by atoms with van der Waals surface area (Å²) in [6.45, 7) is 3.69. The molecule has 0 atom stereocenters. The molecule has 0 aliphatic heterocycles. The molecule has 0 saturated carbocycles. The minimum atomic E-state index is 0.466. The van der Waals surface area contributed by atoms with Gasteiger partial charge in [0, 0.05) is 18.4 Å². The standard InChI is InChI=1S/C12H17N3O3S/c1-8-7-9(11(13)19-8)12-14-10(15-18-12)3-4-17-6-5-16-2/h7H,3-6,13H2,1-2H3. The second kappa shape index (κ2) is 6.65. The molecule has 0 spiro atoms. The van der Waals surface area contributed by atoms with Gasteiger partial charge in [0.2, 0.25) is 0 Å². The second-order valence-electron chi connectivity index (χ2n) is 4.01. The first-order valence-corrected chi connectivity index (χ1v) is 6.78. The number of nitrogens with zero attached hydrogens (tertiary/aromatic N) is 2. The van der Waals surface area contributed by atoms with Gasteiger partial charge in [-0.1, -0.05) is 5.16 Å². The van der Waals surface area contributed by atoms with Crippen molar-refractivity contribution in [3.05, 3.63) is 16.8 Å². The Hall–Kier alpha value is -1.44. The smallest absolute Gasteiger partial charge is 0.260 e. The molecule has 2 aromatic heterocycles. The van der Waals surface area contributed by atoms with Crippen LogP contribution in [-0.4, -0.2) is 37.1 Å². The largest absolute Gasteiger partial charge is 0.390 e. The molecular weight excluding hydrogens is 266 g/mol. The van der Waals surface area contributed by atoms with Crippen LogP contribution in [0.1, 0.15) is 10.7 Å². The van der Waals surface area contributed by atoms with Gasteiger partial charge in [-0.05, 0) is 13.0 Å². The molecule has 0 radical (unpaired) electrons. The molecule has 6 nitrogen and oxygen atoms in total. The molecule has 0 unspecified atom stereocenters. The number of hydrogen-bond donors (Lipinski definition) is 1. The average Bonchev–Trinajstić information content (AvgIpc) is 2.95. The van der Waals surface area contributed by atoms with Crippen LogP contribution >= 0.6 is 11.3 Å². The van der Waals surface area contributed by atoms with Crippen molar-refractivity contribution in [2.75, 3.05) is 32.7 Å². The third-order valence-electron chi connectivity index (χ3n) is 2.48. The molecule has 2 N–H and O–H groups in total. The highest BCUT2D eigenvalue weighted by Crippen LogP contribution is 2.32. The first-order valence-electron chi connectivity index (χ1n) is 5.96. The van der Waals surface area contributed by atoms with Crippen molar-refractivity contribution in [3.63, 3.8) is 0 Å². The van der Waals surface area contributed by atoms with Gasteiger partial charge in [0.25, 0.3) is 5.89 Å². The highest BCUT2D eigenvalue weighted by molar-refractivity contribution is 7.16. The van der Waals surface area contributed by atoms with Crippen LogP contribution in [0.2, 0.25) is 0 Å². The minimum Gasteiger partial charge on any atom is -0.390 e. The molecule has 7 heteroatoms. The Labute approximate surface area is 115 Å². The van der Waals surface area contributed by atoms with Crippen molar-refractivity contribution in [2.24, 2.45) is 0 Å². The molecule has 2 heterocycles. The summed E-state index contributed by atoms with van der Waals surface area (Å²) in [6.07, 6.45) is 0.607. The summed E-state index contributed by atoms with van der Waals surface area (Å²) in [5.74, 6) is 1.09. The zero-order valence-corrected chi connectivity index (χ0v) is 11.8. The average molecular weight is 283 g/mol. The molecule has 19 heavy (non-hydrogen) atoms. The number of rotatable bonds is 7. The van der Waals surface area contributed by atoms with Gasteiger partial charge in [0.15, 0.2) is 5.82 Å². The monoisotopic (exact) mass is 283 g/mol. The predicted molar refractivity (Wildman–Crippen MR) is 73.2 cm³/mol. The van der Waals surface area contributed by atoms with Crippen LogP contribution in [0, 0.1) is 6.92 Å². The SMILES string of the molecule is COCCOCCc1noc(-c2cc(C)sc2N)n1. The van der Waals surface area contributed by atoms with Crippen molar-refractivity contribution >= 4 is 16.3 Å². The lowest BCUT2D eigenvalue weighted by Crippen LogP contribution is -2.05. The molecule has 0 aliphatic rings. The Morgan fingerprint density at radius 2 is 2.21 bits per heavy atom. The Balaban J connectivity index is 1.90. The lowest BCUT2D eigenvalue weighted by atomic mass is 10.3. The zero-order valence-electron chi connectivity index (χ0n) is 11.0. The van der Waals surface area contributed by atoms with E-state index < -0.39 is 0 Å². The highest BCUT2D eigenvalue weighted by Gasteiger charge is 2.13. The third kappa shape index (κ3) is 3.76. The number of hydrogen-bond acceptors (Lipinski definition) is 7. The van der Waals surface area contributed by atoms with Gasteiger partial charge < -0.3 is 19.7 Å². The predicted octanol–water partition coefficient (Wildman–Crippen LogP) is 1.89. The molecule has 2 rings (SSSR count). The molecule has 104 valence electrons. The van der Waals surface area contributed by atoms with E-state index in [1.807, 2.05) is 13.0 Å². The first-order chi connectivity index (χ1) is 9.20. The number of nitrogen functional groups attached to an aromatic ring is 1. The van der Waals surface area contributed by atoms with E-state index in [9.17, 15) is 0 Å². The zero-order chi connectivity index (χ0) is 13.7. The Kier molecular flexibility index (Phi) is 4.89. The van der Waals surface area contributed by atoms with Gasteiger partial charge in [0.1, 0.15) is 0 Å². The molecule has 2 aromatic rings.